The predicted octanol–water partition coefficient (Wildman–Crippen LogP) is 1.78. The maximum Gasteiger partial charge on any atom is 0.273 e. The highest BCUT2D eigenvalue weighted by molar-refractivity contribution is 7.71. The second-order valence-corrected chi connectivity index (χ2v) is 5.20. The lowest BCUT2D eigenvalue weighted by Crippen LogP contribution is -2.28. The fourth-order valence-corrected chi connectivity index (χ4v) is 2.06. The number of carbonyl (C=O) groups excluding carboxylic acids is 1. The van der Waals surface area contributed by atoms with Crippen LogP contribution in [0.5, 0.6) is 0 Å². The molecule has 0 aliphatic carbocycles. The van der Waals surface area contributed by atoms with Crippen LogP contribution in [-0.2, 0) is 11.2 Å². The average molecular weight is 322 g/mol. The third kappa shape index (κ3) is 4.32. The molecule has 1 unspecified atom stereocenters. The number of benzene rings is 1. The number of H-pyrrole nitrogens is 2. The Morgan fingerprint density at radius 3 is 2.73 bits per heavy atom. The smallest absolute Gasteiger partial charge is 0.273 e. The molecule has 0 aliphatic heterocycles. The number of hydrogen-bond acceptors (Lipinski definition) is 4. The number of carbonyl (C=O) groups is 1. The van der Waals surface area contributed by atoms with Crippen molar-refractivity contribution in [3.05, 3.63) is 56.5 Å². The minimum atomic E-state index is -0.400. The van der Waals surface area contributed by atoms with E-state index in [-0.39, 0.29) is 41.1 Å². The topological polar surface area (TPSA) is 90.6 Å². The van der Waals surface area contributed by atoms with Crippen molar-refractivity contribution in [1.82, 2.24) is 20.5 Å². The van der Waals surface area contributed by atoms with Crippen LogP contribution in [0.3, 0.4) is 0 Å². The minimum absolute atomic E-state index is 0.117. The van der Waals surface area contributed by atoms with E-state index in [0.717, 1.165) is 5.56 Å². The Balaban J connectivity index is 1.91. The van der Waals surface area contributed by atoms with Gasteiger partial charge in [-0.15, -0.1) is 0 Å². The molecule has 0 bridgehead atoms. The summed E-state index contributed by atoms with van der Waals surface area (Å²) in [7, 11) is 0. The van der Waals surface area contributed by atoms with Crippen molar-refractivity contribution in [3.8, 4) is 0 Å². The molecule has 22 heavy (non-hydrogen) atoms. The number of aryl methyl sites for hydroxylation is 1. The summed E-state index contributed by atoms with van der Waals surface area (Å²) in [6.45, 7) is 1.80. The van der Waals surface area contributed by atoms with Crippen LogP contribution < -0.4 is 10.9 Å². The first kappa shape index (κ1) is 16.0. The largest absolute Gasteiger partial charge is 0.350 e. The van der Waals surface area contributed by atoms with E-state index in [9.17, 15) is 14.0 Å². The van der Waals surface area contributed by atoms with Crippen molar-refractivity contribution in [3.63, 3.8) is 0 Å². The zero-order valence-electron chi connectivity index (χ0n) is 11.9. The molecule has 3 N–H and O–H groups in total. The van der Waals surface area contributed by atoms with Crippen molar-refractivity contribution in [2.45, 2.75) is 25.8 Å². The molecule has 0 saturated carbocycles. The molecule has 2 rings (SSSR count). The Hall–Kier alpha value is -2.35. The van der Waals surface area contributed by atoms with E-state index < -0.39 is 5.56 Å². The average Bonchev–Trinajstić information content (AvgIpc) is 2.47. The van der Waals surface area contributed by atoms with Crippen LogP contribution in [0.25, 0.3) is 0 Å². The Morgan fingerprint density at radius 2 is 2.09 bits per heavy atom. The summed E-state index contributed by atoms with van der Waals surface area (Å²) >= 11 is 4.74. The van der Waals surface area contributed by atoms with Gasteiger partial charge < -0.3 is 5.32 Å². The molecule has 1 heterocycles. The molecule has 1 atom stereocenters. The van der Waals surface area contributed by atoms with Crippen LogP contribution in [0, 0.1) is 10.6 Å². The Labute approximate surface area is 130 Å². The third-order valence-corrected chi connectivity index (χ3v) is 3.31. The van der Waals surface area contributed by atoms with E-state index in [1.165, 1.54) is 12.1 Å². The first-order valence-corrected chi connectivity index (χ1v) is 7.09. The molecule has 1 aromatic heterocycles. The number of halogens is 1. The van der Waals surface area contributed by atoms with Gasteiger partial charge in [0.15, 0.2) is 4.77 Å². The van der Waals surface area contributed by atoms with E-state index in [1.54, 1.807) is 19.1 Å². The van der Waals surface area contributed by atoms with Crippen LogP contribution in [-0.4, -0.2) is 21.1 Å². The monoisotopic (exact) mass is 322 g/mol. The Bertz CT molecular complexity index is 769. The molecule has 6 nitrogen and oxygen atoms in total. The van der Waals surface area contributed by atoms with Crippen LogP contribution in [0.2, 0.25) is 0 Å². The van der Waals surface area contributed by atoms with Gasteiger partial charge in [0.1, 0.15) is 11.5 Å². The highest BCUT2D eigenvalue weighted by atomic mass is 32.1. The zero-order chi connectivity index (χ0) is 16.1. The summed E-state index contributed by atoms with van der Waals surface area (Å²) in [6.07, 6.45) is 0.315. The molecule has 116 valence electrons. The van der Waals surface area contributed by atoms with E-state index in [2.05, 4.69) is 20.5 Å². The van der Waals surface area contributed by atoms with Gasteiger partial charge in [-0.3, -0.25) is 19.7 Å². The molecule has 0 saturated heterocycles. The summed E-state index contributed by atoms with van der Waals surface area (Å²) in [5.41, 5.74) is 0.621. The Morgan fingerprint density at radius 1 is 1.41 bits per heavy atom. The van der Waals surface area contributed by atoms with E-state index in [1.807, 2.05) is 0 Å². The normalized spacial score (nSPS) is 11.9. The molecular formula is C14H15FN4O2S. The summed E-state index contributed by atoms with van der Waals surface area (Å²) < 4.78 is 13.0. The SMILES string of the molecule is CC(NC(=O)CCc1n[nH]c(=S)[nH]c1=O)c1ccc(F)cc1. The first-order chi connectivity index (χ1) is 10.5. The zero-order valence-corrected chi connectivity index (χ0v) is 12.7. The van der Waals surface area contributed by atoms with Gasteiger partial charge in [-0.25, -0.2) is 4.39 Å². The van der Waals surface area contributed by atoms with Crippen molar-refractivity contribution >= 4 is 18.1 Å². The highest BCUT2D eigenvalue weighted by Crippen LogP contribution is 2.12. The number of amides is 1. The molecule has 8 heteroatoms. The van der Waals surface area contributed by atoms with Crippen LogP contribution in [0.15, 0.2) is 29.1 Å². The number of aromatic amines is 2. The minimum Gasteiger partial charge on any atom is -0.350 e. The van der Waals surface area contributed by atoms with Crippen molar-refractivity contribution in [2.24, 2.45) is 0 Å². The van der Waals surface area contributed by atoms with Crippen LogP contribution >= 0.6 is 12.2 Å². The van der Waals surface area contributed by atoms with Gasteiger partial charge >= 0.3 is 0 Å². The van der Waals surface area contributed by atoms with Crippen molar-refractivity contribution < 1.29 is 9.18 Å². The van der Waals surface area contributed by atoms with E-state index in [4.69, 9.17) is 12.2 Å². The number of aromatic nitrogens is 3. The van der Waals surface area contributed by atoms with Crippen molar-refractivity contribution in [1.29, 1.82) is 0 Å². The molecular weight excluding hydrogens is 307 g/mol. The van der Waals surface area contributed by atoms with Crippen molar-refractivity contribution in [2.75, 3.05) is 0 Å². The summed E-state index contributed by atoms with van der Waals surface area (Å²) in [4.78, 5) is 25.9. The Kier molecular flexibility index (Phi) is 5.16. The lowest BCUT2D eigenvalue weighted by atomic mass is 10.1. The van der Waals surface area contributed by atoms with Crippen LogP contribution in [0.4, 0.5) is 4.39 Å². The van der Waals surface area contributed by atoms with Gasteiger partial charge in [0.05, 0.1) is 6.04 Å². The molecule has 1 aromatic carbocycles. The molecule has 0 aliphatic rings. The molecule has 1 amide bonds. The second kappa shape index (κ2) is 7.08. The van der Waals surface area contributed by atoms with E-state index >= 15 is 0 Å². The number of nitrogens with one attached hydrogen (secondary N) is 3. The lowest BCUT2D eigenvalue weighted by molar-refractivity contribution is -0.121. The predicted molar refractivity (Wildman–Crippen MR) is 81.3 cm³/mol. The van der Waals surface area contributed by atoms with E-state index in [0.29, 0.717) is 0 Å². The maximum atomic E-state index is 12.9. The summed E-state index contributed by atoms with van der Waals surface area (Å²) in [5.74, 6) is -0.547. The summed E-state index contributed by atoms with van der Waals surface area (Å²) in [6, 6.07) is 5.66. The fraction of sp³-hybridized carbons (Fsp3) is 0.286. The first-order valence-electron chi connectivity index (χ1n) is 6.68. The van der Waals surface area contributed by atoms with Gasteiger partial charge in [0, 0.05) is 12.8 Å². The maximum absolute atomic E-state index is 12.9. The summed E-state index contributed by atoms with van der Waals surface area (Å²) in [5, 5.41) is 9.07. The molecule has 0 fully saturated rings. The number of hydrogen-bond donors (Lipinski definition) is 3. The number of rotatable bonds is 5. The van der Waals surface area contributed by atoms with Gasteiger partial charge in [-0.1, -0.05) is 12.1 Å². The molecule has 2 aromatic rings. The second-order valence-electron chi connectivity index (χ2n) is 4.79. The molecule has 0 radical (unpaired) electrons. The van der Waals surface area contributed by atoms with Gasteiger partial charge in [-0.05, 0) is 36.8 Å². The quantitative estimate of drug-likeness (QED) is 0.732. The standard InChI is InChI=1S/C14H15FN4O2S/c1-8(9-2-4-10(15)5-3-9)16-12(20)7-6-11-13(21)17-14(22)19-18-11/h2-5,8H,6-7H2,1H3,(H,16,20)(H2,17,19,21,22). The fourth-order valence-electron chi connectivity index (χ4n) is 1.92. The van der Waals surface area contributed by atoms with Gasteiger partial charge in [0.2, 0.25) is 5.91 Å². The number of nitrogens with zero attached hydrogens (tertiary/aromatic N) is 1. The van der Waals surface area contributed by atoms with Crippen LogP contribution in [0.1, 0.15) is 30.6 Å². The highest BCUT2D eigenvalue weighted by Gasteiger charge is 2.11. The third-order valence-electron chi connectivity index (χ3n) is 3.12. The van der Waals surface area contributed by atoms with Gasteiger partial charge in [0.25, 0.3) is 5.56 Å². The molecule has 0 spiro atoms. The van der Waals surface area contributed by atoms with Gasteiger partial charge in [-0.2, -0.15) is 5.10 Å². The lowest BCUT2D eigenvalue weighted by Gasteiger charge is -2.14.